The molecule has 1 saturated heterocycles. The number of anilines is 1. The summed E-state index contributed by atoms with van der Waals surface area (Å²) >= 11 is 5.90. The van der Waals surface area contributed by atoms with Gasteiger partial charge in [-0.2, -0.15) is 0 Å². The first kappa shape index (κ1) is 24.5. The summed E-state index contributed by atoms with van der Waals surface area (Å²) in [6, 6.07) is 14.7. The highest BCUT2D eigenvalue weighted by Gasteiger charge is 2.15. The Morgan fingerprint density at radius 2 is 1.88 bits per heavy atom. The second-order valence-electron chi connectivity index (χ2n) is 8.68. The van der Waals surface area contributed by atoms with Gasteiger partial charge in [0.05, 0.1) is 20.3 Å². The fourth-order valence-corrected chi connectivity index (χ4v) is 4.39. The topological polar surface area (TPSA) is 37.0 Å². The minimum atomic E-state index is 0.481. The molecule has 32 heavy (non-hydrogen) atoms. The lowest BCUT2D eigenvalue weighted by Gasteiger charge is -2.30. The molecule has 5 nitrogen and oxygen atoms in total. The van der Waals surface area contributed by atoms with Crippen molar-refractivity contribution in [3.63, 3.8) is 0 Å². The first-order valence-electron chi connectivity index (χ1n) is 11.6. The van der Waals surface area contributed by atoms with Crippen LogP contribution >= 0.6 is 12.2 Å². The lowest BCUT2D eigenvalue weighted by Crippen LogP contribution is -2.40. The number of nitrogens with one attached hydrogen (secondary N) is 1. The number of nitrogens with zero attached hydrogens (tertiary/aromatic N) is 2. The molecule has 2 aromatic rings. The number of thiocarbonyl (C=S) groups is 1. The lowest BCUT2D eigenvalue weighted by atomic mass is 9.97. The predicted octanol–water partition coefficient (Wildman–Crippen LogP) is 5.05. The fourth-order valence-electron chi connectivity index (χ4n) is 4.12. The summed E-state index contributed by atoms with van der Waals surface area (Å²) < 4.78 is 10.8. The molecule has 0 aliphatic carbocycles. The van der Waals surface area contributed by atoms with E-state index in [9.17, 15) is 0 Å². The zero-order chi connectivity index (χ0) is 22.9. The molecule has 0 radical (unpaired) electrons. The van der Waals surface area contributed by atoms with Crippen LogP contribution in [0.4, 0.5) is 5.69 Å². The highest BCUT2D eigenvalue weighted by atomic mass is 32.1. The van der Waals surface area contributed by atoms with Crippen molar-refractivity contribution in [1.29, 1.82) is 0 Å². The molecule has 0 spiro atoms. The second kappa shape index (κ2) is 12.2. The van der Waals surface area contributed by atoms with E-state index in [1.165, 1.54) is 16.7 Å². The molecule has 6 heteroatoms. The van der Waals surface area contributed by atoms with Crippen LogP contribution in [0.15, 0.2) is 42.5 Å². The minimum absolute atomic E-state index is 0.481. The van der Waals surface area contributed by atoms with E-state index in [2.05, 4.69) is 66.2 Å². The summed E-state index contributed by atoms with van der Waals surface area (Å²) in [5, 5.41) is 4.31. The Morgan fingerprint density at radius 1 is 1.16 bits per heavy atom. The van der Waals surface area contributed by atoms with Gasteiger partial charge in [0.25, 0.3) is 0 Å². The molecule has 1 aliphatic rings. The molecule has 2 aromatic carbocycles. The minimum Gasteiger partial charge on any atom is -0.497 e. The molecule has 1 aliphatic heterocycles. The van der Waals surface area contributed by atoms with Gasteiger partial charge in [-0.15, -0.1) is 0 Å². The van der Waals surface area contributed by atoms with E-state index in [4.69, 9.17) is 21.7 Å². The first-order chi connectivity index (χ1) is 15.5. The van der Waals surface area contributed by atoms with Crippen LogP contribution in [-0.2, 0) is 11.3 Å². The van der Waals surface area contributed by atoms with Crippen LogP contribution in [0.5, 0.6) is 5.75 Å². The smallest absolute Gasteiger partial charge is 0.173 e. The van der Waals surface area contributed by atoms with Crippen LogP contribution < -0.4 is 10.1 Å². The number of methoxy groups -OCH3 is 1. The van der Waals surface area contributed by atoms with Gasteiger partial charge in [-0.3, -0.25) is 4.90 Å². The molecule has 0 bridgehead atoms. The van der Waals surface area contributed by atoms with E-state index < -0.39 is 0 Å². The SMILES string of the molecule is COc1ccc(CN(CCCN2CCOCC2)C(=S)Nc2cccc(C(C)C)c2C)cc1. The predicted molar refractivity (Wildman–Crippen MR) is 137 cm³/mol. The van der Waals surface area contributed by atoms with Gasteiger partial charge < -0.3 is 19.7 Å². The Bertz CT molecular complexity index is 864. The van der Waals surface area contributed by atoms with Gasteiger partial charge in [-0.1, -0.05) is 38.1 Å². The van der Waals surface area contributed by atoms with Gasteiger partial charge in [0.1, 0.15) is 5.75 Å². The van der Waals surface area contributed by atoms with Gasteiger partial charge in [0.2, 0.25) is 0 Å². The lowest BCUT2D eigenvalue weighted by molar-refractivity contribution is 0.0368. The molecule has 0 saturated carbocycles. The van der Waals surface area contributed by atoms with Gasteiger partial charge >= 0.3 is 0 Å². The molecule has 174 valence electrons. The number of ether oxygens (including phenoxy) is 2. The number of hydrogen-bond acceptors (Lipinski definition) is 4. The molecule has 1 N–H and O–H groups in total. The van der Waals surface area contributed by atoms with E-state index in [0.29, 0.717) is 5.92 Å². The van der Waals surface area contributed by atoms with Crippen LogP contribution in [0.25, 0.3) is 0 Å². The van der Waals surface area contributed by atoms with Crippen molar-refractivity contribution in [1.82, 2.24) is 9.80 Å². The highest BCUT2D eigenvalue weighted by Crippen LogP contribution is 2.25. The van der Waals surface area contributed by atoms with Crippen molar-refractivity contribution in [2.24, 2.45) is 0 Å². The maximum absolute atomic E-state index is 5.90. The zero-order valence-electron chi connectivity index (χ0n) is 19.9. The number of hydrogen-bond donors (Lipinski definition) is 1. The van der Waals surface area contributed by atoms with Gasteiger partial charge in [0.15, 0.2) is 5.11 Å². The Labute approximate surface area is 198 Å². The molecular formula is C26H37N3O2S. The fraction of sp³-hybridized carbons (Fsp3) is 0.500. The standard InChI is InChI=1S/C26H37N3O2S/c1-20(2)24-7-5-8-25(21(24)3)27-26(32)29(14-6-13-28-15-17-31-18-16-28)19-22-9-11-23(30-4)12-10-22/h5,7-12,20H,6,13-19H2,1-4H3,(H,27,32). The third-order valence-corrected chi connectivity index (χ3v) is 6.43. The van der Waals surface area contributed by atoms with E-state index in [0.717, 1.165) is 68.9 Å². The zero-order valence-corrected chi connectivity index (χ0v) is 20.7. The summed E-state index contributed by atoms with van der Waals surface area (Å²) in [5.74, 6) is 1.35. The monoisotopic (exact) mass is 455 g/mol. The van der Waals surface area contributed by atoms with Crippen molar-refractivity contribution in [3.05, 3.63) is 59.2 Å². The summed E-state index contributed by atoms with van der Waals surface area (Å²) in [4.78, 5) is 4.75. The van der Waals surface area contributed by atoms with Crippen LogP contribution in [0.1, 0.15) is 42.9 Å². The van der Waals surface area contributed by atoms with E-state index in [1.807, 2.05) is 12.1 Å². The summed E-state index contributed by atoms with van der Waals surface area (Å²) in [5.41, 5.74) is 4.93. The Balaban J connectivity index is 1.69. The summed E-state index contributed by atoms with van der Waals surface area (Å²) in [7, 11) is 1.69. The maximum Gasteiger partial charge on any atom is 0.173 e. The molecule has 3 rings (SSSR count). The number of benzene rings is 2. The summed E-state index contributed by atoms with van der Waals surface area (Å²) in [6.45, 7) is 13.1. The molecule has 0 unspecified atom stereocenters. The normalized spacial score (nSPS) is 14.4. The Morgan fingerprint density at radius 3 is 2.53 bits per heavy atom. The third-order valence-electron chi connectivity index (χ3n) is 6.07. The van der Waals surface area contributed by atoms with Gasteiger partial charge in [-0.05, 0) is 66.4 Å². The number of rotatable bonds is 9. The van der Waals surface area contributed by atoms with Crippen molar-refractivity contribution >= 4 is 23.0 Å². The van der Waals surface area contributed by atoms with E-state index in [-0.39, 0.29) is 0 Å². The Hall–Kier alpha value is -2.15. The molecule has 1 heterocycles. The average molecular weight is 456 g/mol. The van der Waals surface area contributed by atoms with Crippen LogP contribution in [0.3, 0.4) is 0 Å². The van der Waals surface area contributed by atoms with Crippen LogP contribution in [-0.4, -0.2) is 61.4 Å². The average Bonchev–Trinajstić information content (AvgIpc) is 2.80. The van der Waals surface area contributed by atoms with Gasteiger partial charge in [0, 0.05) is 38.4 Å². The van der Waals surface area contributed by atoms with Crippen molar-refractivity contribution in [3.8, 4) is 5.75 Å². The van der Waals surface area contributed by atoms with Crippen LogP contribution in [0, 0.1) is 6.92 Å². The first-order valence-corrected chi connectivity index (χ1v) is 12.0. The molecule has 0 aromatic heterocycles. The third kappa shape index (κ3) is 6.92. The molecule has 0 atom stereocenters. The largest absolute Gasteiger partial charge is 0.497 e. The maximum atomic E-state index is 5.90. The van der Waals surface area contributed by atoms with E-state index in [1.54, 1.807) is 7.11 Å². The molecule has 0 amide bonds. The Kier molecular flexibility index (Phi) is 9.33. The van der Waals surface area contributed by atoms with Crippen molar-refractivity contribution in [2.75, 3.05) is 51.8 Å². The number of morpholine rings is 1. The van der Waals surface area contributed by atoms with Crippen molar-refractivity contribution < 1.29 is 9.47 Å². The molecular weight excluding hydrogens is 418 g/mol. The van der Waals surface area contributed by atoms with Crippen LogP contribution in [0.2, 0.25) is 0 Å². The van der Waals surface area contributed by atoms with Crippen molar-refractivity contribution in [2.45, 2.75) is 39.7 Å². The highest BCUT2D eigenvalue weighted by molar-refractivity contribution is 7.80. The second-order valence-corrected chi connectivity index (χ2v) is 9.07. The van der Waals surface area contributed by atoms with E-state index >= 15 is 0 Å². The quantitative estimate of drug-likeness (QED) is 0.534. The van der Waals surface area contributed by atoms with Gasteiger partial charge in [-0.25, -0.2) is 0 Å². The molecule has 1 fully saturated rings. The summed E-state index contributed by atoms with van der Waals surface area (Å²) in [6.07, 6.45) is 1.06.